The molecule has 1 aliphatic rings. The largest absolute Gasteiger partial charge is 0.497 e. The average Bonchev–Trinajstić information content (AvgIpc) is 2.64. The Hall–Kier alpha value is -1.58. The van der Waals surface area contributed by atoms with E-state index in [0.29, 0.717) is 18.4 Å². The van der Waals surface area contributed by atoms with Gasteiger partial charge in [-0.15, -0.1) is 13.2 Å². The van der Waals surface area contributed by atoms with Crippen LogP contribution in [0.4, 0.5) is 0 Å². The van der Waals surface area contributed by atoms with Crippen LogP contribution in [-0.4, -0.2) is 19.8 Å². The molecule has 2 rings (SSSR count). The molecule has 1 heterocycles. The lowest BCUT2D eigenvalue weighted by Gasteiger charge is -2.39. The predicted octanol–water partition coefficient (Wildman–Crippen LogP) is 5.29. The molecule has 0 spiro atoms. The van der Waals surface area contributed by atoms with Crippen LogP contribution in [0, 0.1) is 11.8 Å². The van der Waals surface area contributed by atoms with Gasteiger partial charge >= 0.3 is 0 Å². The molecule has 1 fully saturated rings. The highest BCUT2D eigenvalue weighted by molar-refractivity contribution is 5.28. The van der Waals surface area contributed by atoms with Gasteiger partial charge in [-0.3, -0.25) is 0 Å². The van der Waals surface area contributed by atoms with Crippen molar-refractivity contribution in [1.82, 2.24) is 0 Å². The van der Waals surface area contributed by atoms with E-state index in [2.05, 4.69) is 20.1 Å². The molecule has 24 heavy (non-hydrogen) atoms. The fourth-order valence-corrected chi connectivity index (χ4v) is 3.33. The van der Waals surface area contributed by atoms with Crippen LogP contribution in [0.5, 0.6) is 5.75 Å². The third-order valence-electron chi connectivity index (χ3n) is 4.82. The molecule has 132 valence electrons. The summed E-state index contributed by atoms with van der Waals surface area (Å²) in [7, 11) is 1.67. The molecule has 1 aromatic carbocycles. The van der Waals surface area contributed by atoms with Gasteiger partial charge in [0.05, 0.1) is 19.8 Å². The van der Waals surface area contributed by atoms with Crippen LogP contribution >= 0.6 is 0 Å². The summed E-state index contributed by atoms with van der Waals surface area (Å²) in [5, 5.41) is 0. The maximum atomic E-state index is 6.34. The zero-order valence-corrected chi connectivity index (χ0v) is 14.9. The van der Waals surface area contributed by atoms with Gasteiger partial charge in [0, 0.05) is 11.5 Å². The summed E-state index contributed by atoms with van der Waals surface area (Å²) in [5.74, 6) is 1.63. The summed E-state index contributed by atoms with van der Waals surface area (Å²) in [5.41, 5.74) is 1.04. The minimum absolute atomic E-state index is 0.189. The van der Waals surface area contributed by atoms with Crippen molar-refractivity contribution >= 4 is 0 Å². The van der Waals surface area contributed by atoms with Gasteiger partial charge in [0.25, 0.3) is 0 Å². The molecule has 0 radical (unpaired) electrons. The molecule has 0 unspecified atom stereocenters. The Morgan fingerprint density at radius 2 is 2.04 bits per heavy atom. The van der Waals surface area contributed by atoms with E-state index in [9.17, 15) is 0 Å². The van der Waals surface area contributed by atoms with Crippen LogP contribution in [0.15, 0.2) is 49.6 Å². The summed E-state index contributed by atoms with van der Waals surface area (Å²) in [6.45, 7) is 10.7. The maximum Gasteiger partial charge on any atom is 0.184 e. The number of rotatable bonds is 9. The summed E-state index contributed by atoms with van der Waals surface area (Å²) in [4.78, 5) is 0. The van der Waals surface area contributed by atoms with Crippen molar-refractivity contribution in [3.05, 3.63) is 55.1 Å². The smallest absolute Gasteiger partial charge is 0.184 e. The Morgan fingerprint density at radius 3 is 2.62 bits per heavy atom. The fraction of sp³-hybridized carbons (Fsp3) is 0.524. The number of hydrogen-bond acceptors (Lipinski definition) is 3. The van der Waals surface area contributed by atoms with Crippen LogP contribution in [0.25, 0.3) is 0 Å². The standard InChI is InChI=1S/C21H30O3/c1-5-8-9-10-20-19(16(6-2)7-3)15-23-21(24-20)17-11-13-18(22-4)14-12-17/h5-6,11-14,16,19-21H,1-2,7-10,15H2,3-4H3/t16-,19-,20-,21+/m0/s1. The topological polar surface area (TPSA) is 27.7 Å². The number of ether oxygens (including phenoxy) is 3. The molecule has 0 aromatic heterocycles. The lowest BCUT2D eigenvalue weighted by atomic mass is 9.83. The second kappa shape index (κ2) is 9.65. The second-order valence-electron chi connectivity index (χ2n) is 6.30. The molecule has 1 aromatic rings. The van der Waals surface area contributed by atoms with Crippen molar-refractivity contribution in [1.29, 1.82) is 0 Å². The Morgan fingerprint density at radius 1 is 1.29 bits per heavy atom. The summed E-state index contributed by atoms with van der Waals surface area (Å²) < 4.78 is 17.6. The predicted molar refractivity (Wildman–Crippen MR) is 98.1 cm³/mol. The van der Waals surface area contributed by atoms with Crippen LogP contribution in [-0.2, 0) is 9.47 Å². The Bertz CT molecular complexity index is 508. The van der Waals surface area contributed by atoms with E-state index >= 15 is 0 Å². The second-order valence-corrected chi connectivity index (χ2v) is 6.30. The first-order valence-corrected chi connectivity index (χ1v) is 8.87. The highest BCUT2D eigenvalue weighted by atomic mass is 16.7. The molecule has 0 aliphatic carbocycles. The van der Waals surface area contributed by atoms with Gasteiger partial charge < -0.3 is 14.2 Å². The SMILES string of the molecule is C=CCCC[C@@H]1O[C@H](c2ccc(OC)cc2)OC[C@H]1[C@@H](C=C)CC. The quantitative estimate of drug-likeness (QED) is 0.454. The number of benzene rings is 1. The lowest BCUT2D eigenvalue weighted by Crippen LogP contribution is -2.39. The first kappa shape index (κ1) is 18.8. The van der Waals surface area contributed by atoms with Crippen molar-refractivity contribution in [2.24, 2.45) is 11.8 Å². The van der Waals surface area contributed by atoms with E-state index in [1.807, 2.05) is 36.4 Å². The summed E-state index contributed by atoms with van der Waals surface area (Å²) >= 11 is 0. The Balaban J connectivity index is 2.08. The lowest BCUT2D eigenvalue weighted by molar-refractivity contribution is -0.248. The zero-order chi connectivity index (χ0) is 17.4. The van der Waals surface area contributed by atoms with Crippen LogP contribution in [0.1, 0.15) is 44.5 Å². The Kier molecular flexibility index (Phi) is 7.54. The van der Waals surface area contributed by atoms with Crippen LogP contribution in [0.3, 0.4) is 0 Å². The average molecular weight is 330 g/mol. The van der Waals surface area contributed by atoms with Crippen LogP contribution < -0.4 is 4.74 Å². The molecule has 0 amide bonds. The van der Waals surface area contributed by atoms with Gasteiger partial charge in [-0.2, -0.15) is 0 Å². The Labute approximate surface area is 146 Å². The van der Waals surface area contributed by atoms with E-state index in [1.165, 1.54) is 0 Å². The van der Waals surface area contributed by atoms with Gasteiger partial charge in [-0.25, -0.2) is 0 Å². The van der Waals surface area contributed by atoms with Gasteiger partial charge in [0.15, 0.2) is 6.29 Å². The van der Waals surface area contributed by atoms with Gasteiger partial charge in [0.1, 0.15) is 5.75 Å². The van der Waals surface area contributed by atoms with Crippen molar-refractivity contribution in [2.45, 2.75) is 45.0 Å². The van der Waals surface area contributed by atoms with Crippen LogP contribution in [0.2, 0.25) is 0 Å². The first-order valence-electron chi connectivity index (χ1n) is 8.87. The van der Waals surface area contributed by atoms with E-state index in [0.717, 1.165) is 37.0 Å². The molecular weight excluding hydrogens is 300 g/mol. The molecule has 0 saturated carbocycles. The van der Waals surface area contributed by atoms with Crippen molar-refractivity contribution in [3.63, 3.8) is 0 Å². The zero-order valence-electron chi connectivity index (χ0n) is 14.9. The minimum Gasteiger partial charge on any atom is -0.497 e. The van der Waals surface area contributed by atoms with E-state index in [-0.39, 0.29) is 12.4 Å². The van der Waals surface area contributed by atoms with Crippen molar-refractivity contribution in [3.8, 4) is 5.75 Å². The molecular formula is C21H30O3. The number of methoxy groups -OCH3 is 1. The van der Waals surface area contributed by atoms with Crippen molar-refractivity contribution < 1.29 is 14.2 Å². The first-order chi connectivity index (χ1) is 11.7. The number of hydrogen-bond donors (Lipinski definition) is 0. The van der Waals surface area contributed by atoms with E-state index < -0.39 is 0 Å². The fourth-order valence-electron chi connectivity index (χ4n) is 3.33. The van der Waals surface area contributed by atoms with Gasteiger partial charge in [-0.1, -0.05) is 31.2 Å². The maximum absolute atomic E-state index is 6.34. The minimum atomic E-state index is -0.303. The summed E-state index contributed by atoms with van der Waals surface area (Å²) in [6, 6.07) is 7.91. The van der Waals surface area contributed by atoms with Crippen molar-refractivity contribution in [2.75, 3.05) is 13.7 Å². The normalized spacial score (nSPS) is 25.0. The highest BCUT2D eigenvalue weighted by Crippen LogP contribution is 2.36. The van der Waals surface area contributed by atoms with E-state index in [1.54, 1.807) is 7.11 Å². The molecule has 0 bridgehead atoms. The van der Waals surface area contributed by atoms with Gasteiger partial charge in [-0.05, 0) is 43.7 Å². The third kappa shape index (κ3) is 4.71. The number of allylic oxidation sites excluding steroid dienone is 2. The third-order valence-corrected chi connectivity index (χ3v) is 4.82. The molecule has 0 N–H and O–H groups in total. The molecule has 1 saturated heterocycles. The van der Waals surface area contributed by atoms with Gasteiger partial charge in [0.2, 0.25) is 0 Å². The molecule has 3 nitrogen and oxygen atoms in total. The highest BCUT2D eigenvalue weighted by Gasteiger charge is 2.35. The summed E-state index contributed by atoms with van der Waals surface area (Å²) in [6.07, 6.45) is 8.10. The molecule has 4 atom stereocenters. The monoisotopic (exact) mass is 330 g/mol. The molecule has 3 heteroatoms. The molecule has 1 aliphatic heterocycles. The van der Waals surface area contributed by atoms with E-state index in [4.69, 9.17) is 14.2 Å². The number of unbranched alkanes of at least 4 members (excludes halogenated alkanes) is 1.